The molecule has 1 amide bonds. The second-order valence-corrected chi connectivity index (χ2v) is 5.67. The molecule has 1 aliphatic rings. The van der Waals surface area contributed by atoms with Gasteiger partial charge in [0.15, 0.2) is 0 Å². The maximum Gasteiger partial charge on any atom is 0.290 e. The predicted molar refractivity (Wildman–Crippen MR) is 80.0 cm³/mol. The van der Waals surface area contributed by atoms with Crippen LogP contribution in [0.2, 0.25) is 0 Å². The van der Waals surface area contributed by atoms with Gasteiger partial charge in [0.05, 0.1) is 5.69 Å². The van der Waals surface area contributed by atoms with Crippen molar-refractivity contribution in [3.05, 3.63) is 36.2 Å². The van der Waals surface area contributed by atoms with Crippen LogP contribution in [0.3, 0.4) is 0 Å². The van der Waals surface area contributed by atoms with Crippen LogP contribution >= 0.6 is 0 Å². The molecule has 1 fully saturated rings. The lowest BCUT2D eigenvalue weighted by molar-refractivity contribution is 0.0877. The molecular weight excluding hydrogens is 282 g/mol. The van der Waals surface area contributed by atoms with Crippen molar-refractivity contribution in [1.82, 2.24) is 15.5 Å². The number of hydrogen-bond donors (Lipinski definition) is 2. The number of carbonyl (C=O) groups is 1. The maximum absolute atomic E-state index is 12.2. The fourth-order valence-corrected chi connectivity index (χ4v) is 2.76. The van der Waals surface area contributed by atoms with Crippen LogP contribution in [0.5, 0.6) is 0 Å². The molecule has 0 atom stereocenters. The molecule has 1 aliphatic carbocycles. The van der Waals surface area contributed by atoms with Gasteiger partial charge in [-0.3, -0.25) is 9.78 Å². The van der Waals surface area contributed by atoms with Gasteiger partial charge in [0, 0.05) is 24.9 Å². The van der Waals surface area contributed by atoms with E-state index in [1.54, 1.807) is 12.3 Å². The van der Waals surface area contributed by atoms with Gasteiger partial charge in [0.2, 0.25) is 5.76 Å². The van der Waals surface area contributed by atoms with E-state index in [1.807, 2.05) is 18.2 Å². The normalized spacial score (nSPS) is 21.5. The number of pyridine rings is 1. The van der Waals surface area contributed by atoms with E-state index in [-0.39, 0.29) is 24.3 Å². The van der Waals surface area contributed by atoms with Crippen LogP contribution in [-0.4, -0.2) is 33.8 Å². The quantitative estimate of drug-likeness (QED) is 0.902. The van der Waals surface area contributed by atoms with E-state index in [2.05, 4.69) is 15.5 Å². The molecule has 6 heteroatoms. The van der Waals surface area contributed by atoms with Gasteiger partial charge < -0.3 is 14.9 Å². The summed E-state index contributed by atoms with van der Waals surface area (Å²) in [6, 6.07) is 7.24. The second kappa shape index (κ2) is 6.70. The summed E-state index contributed by atoms with van der Waals surface area (Å²) in [6.07, 6.45) is 5.33. The Bertz CT molecular complexity index is 619. The van der Waals surface area contributed by atoms with E-state index in [4.69, 9.17) is 9.63 Å². The van der Waals surface area contributed by atoms with E-state index in [9.17, 15) is 4.79 Å². The topological polar surface area (TPSA) is 88.2 Å². The molecule has 0 radical (unpaired) electrons. The highest BCUT2D eigenvalue weighted by atomic mass is 16.5. The number of aromatic nitrogens is 2. The minimum Gasteiger partial charge on any atom is -0.396 e. The average Bonchev–Trinajstić information content (AvgIpc) is 3.06. The minimum absolute atomic E-state index is 0.138. The van der Waals surface area contributed by atoms with Crippen molar-refractivity contribution in [2.45, 2.75) is 31.7 Å². The molecule has 0 aromatic carbocycles. The summed E-state index contributed by atoms with van der Waals surface area (Å²) in [5.74, 6) is 0.321. The summed E-state index contributed by atoms with van der Waals surface area (Å²) in [5.41, 5.74) is 1.23. The van der Waals surface area contributed by atoms with Gasteiger partial charge in [-0.15, -0.1) is 0 Å². The number of amides is 1. The molecule has 2 aromatic heterocycles. The summed E-state index contributed by atoms with van der Waals surface area (Å²) in [5, 5.41) is 16.0. The standard InChI is InChI=1S/C16H19N3O3/c20-10-11-4-6-12(7-5-11)18-16(21)15-9-14(19-22-15)13-3-1-2-8-17-13/h1-3,8-9,11-12,20H,4-7,10H2,(H,18,21). The first-order valence-corrected chi connectivity index (χ1v) is 7.56. The molecule has 22 heavy (non-hydrogen) atoms. The number of nitrogens with zero attached hydrogens (tertiary/aromatic N) is 2. The summed E-state index contributed by atoms with van der Waals surface area (Å²) in [4.78, 5) is 16.4. The molecule has 1 saturated carbocycles. The Kier molecular flexibility index (Phi) is 4.48. The van der Waals surface area contributed by atoms with Gasteiger partial charge in [0.1, 0.15) is 5.69 Å². The van der Waals surface area contributed by atoms with E-state index < -0.39 is 0 Å². The first kappa shape index (κ1) is 14.7. The van der Waals surface area contributed by atoms with Crippen LogP contribution in [0.1, 0.15) is 36.2 Å². The van der Waals surface area contributed by atoms with Crippen LogP contribution < -0.4 is 5.32 Å². The van der Waals surface area contributed by atoms with E-state index in [0.717, 1.165) is 25.7 Å². The van der Waals surface area contributed by atoms with Crippen molar-refractivity contribution < 1.29 is 14.4 Å². The smallest absolute Gasteiger partial charge is 0.290 e. The van der Waals surface area contributed by atoms with E-state index in [1.165, 1.54) is 0 Å². The Morgan fingerprint density at radius 3 is 2.77 bits per heavy atom. The lowest BCUT2D eigenvalue weighted by Gasteiger charge is -2.27. The van der Waals surface area contributed by atoms with Crippen molar-refractivity contribution >= 4 is 5.91 Å². The number of hydrogen-bond acceptors (Lipinski definition) is 5. The minimum atomic E-state index is -0.248. The number of aliphatic hydroxyl groups excluding tert-OH is 1. The van der Waals surface area contributed by atoms with Gasteiger partial charge in [-0.05, 0) is 43.7 Å². The first-order valence-electron chi connectivity index (χ1n) is 7.56. The Morgan fingerprint density at radius 1 is 1.27 bits per heavy atom. The van der Waals surface area contributed by atoms with Gasteiger partial charge >= 0.3 is 0 Å². The lowest BCUT2D eigenvalue weighted by atomic mass is 9.86. The molecule has 0 spiro atoms. The van der Waals surface area contributed by atoms with Crippen molar-refractivity contribution in [2.75, 3.05) is 6.61 Å². The molecule has 0 aliphatic heterocycles. The summed E-state index contributed by atoms with van der Waals surface area (Å²) in [7, 11) is 0. The van der Waals surface area contributed by atoms with Crippen molar-refractivity contribution in [1.29, 1.82) is 0 Å². The van der Waals surface area contributed by atoms with Crippen molar-refractivity contribution in [3.8, 4) is 11.4 Å². The fraction of sp³-hybridized carbons (Fsp3) is 0.438. The Hall–Kier alpha value is -2.21. The zero-order chi connectivity index (χ0) is 15.4. The molecule has 2 N–H and O–H groups in total. The predicted octanol–water partition coefficient (Wildman–Crippen LogP) is 2.02. The van der Waals surface area contributed by atoms with E-state index >= 15 is 0 Å². The SMILES string of the molecule is O=C(NC1CCC(CO)CC1)c1cc(-c2ccccn2)no1. The third-order valence-corrected chi connectivity index (χ3v) is 4.10. The highest BCUT2D eigenvalue weighted by molar-refractivity contribution is 5.92. The molecule has 6 nitrogen and oxygen atoms in total. The van der Waals surface area contributed by atoms with Crippen LogP contribution in [0.25, 0.3) is 11.4 Å². The van der Waals surface area contributed by atoms with Gasteiger partial charge in [0.25, 0.3) is 5.91 Å². The van der Waals surface area contributed by atoms with Gasteiger partial charge in [-0.2, -0.15) is 0 Å². The molecular formula is C16H19N3O3. The average molecular weight is 301 g/mol. The molecule has 0 unspecified atom stereocenters. The largest absolute Gasteiger partial charge is 0.396 e. The van der Waals surface area contributed by atoms with Crippen LogP contribution in [-0.2, 0) is 0 Å². The highest BCUT2D eigenvalue weighted by Gasteiger charge is 2.23. The molecule has 116 valence electrons. The van der Waals surface area contributed by atoms with Crippen LogP contribution in [0.15, 0.2) is 35.0 Å². The van der Waals surface area contributed by atoms with Crippen molar-refractivity contribution in [2.24, 2.45) is 5.92 Å². The highest BCUT2D eigenvalue weighted by Crippen LogP contribution is 2.24. The fourth-order valence-electron chi connectivity index (χ4n) is 2.76. The summed E-state index contributed by atoms with van der Waals surface area (Å²) in [6.45, 7) is 0.232. The zero-order valence-corrected chi connectivity index (χ0v) is 12.2. The molecule has 0 saturated heterocycles. The molecule has 3 rings (SSSR count). The summed E-state index contributed by atoms with van der Waals surface area (Å²) < 4.78 is 5.12. The Labute approximate surface area is 128 Å². The van der Waals surface area contributed by atoms with Crippen molar-refractivity contribution in [3.63, 3.8) is 0 Å². The Morgan fingerprint density at radius 2 is 2.09 bits per heavy atom. The monoisotopic (exact) mass is 301 g/mol. The maximum atomic E-state index is 12.2. The number of aliphatic hydroxyl groups is 1. The first-order chi connectivity index (χ1) is 10.8. The van der Waals surface area contributed by atoms with Crippen LogP contribution in [0.4, 0.5) is 0 Å². The number of nitrogens with one attached hydrogen (secondary N) is 1. The Balaban J connectivity index is 1.60. The van der Waals surface area contributed by atoms with E-state index in [0.29, 0.717) is 17.3 Å². The van der Waals surface area contributed by atoms with Gasteiger partial charge in [-0.25, -0.2) is 0 Å². The molecule has 0 bridgehead atoms. The molecule has 2 aromatic rings. The number of carbonyl (C=O) groups excluding carboxylic acids is 1. The third kappa shape index (κ3) is 3.33. The second-order valence-electron chi connectivity index (χ2n) is 5.67. The summed E-state index contributed by atoms with van der Waals surface area (Å²) >= 11 is 0. The lowest BCUT2D eigenvalue weighted by Crippen LogP contribution is -2.37. The molecule has 2 heterocycles. The zero-order valence-electron chi connectivity index (χ0n) is 12.2. The van der Waals surface area contributed by atoms with Crippen LogP contribution in [0, 0.1) is 5.92 Å². The van der Waals surface area contributed by atoms with Gasteiger partial charge in [-0.1, -0.05) is 11.2 Å². The number of rotatable bonds is 4. The third-order valence-electron chi connectivity index (χ3n) is 4.10.